The lowest BCUT2D eigenvalue weighted by Gasteiger charge is -2.15. The number of hydrogen-bond donors (Lipinski definition) is 0. The molecule has 0 aliphatic rings. The molecule has 128 valence electrons. The number of halogens is 3. The quantitative estimate of drug-likeness (QED) is 0.310. The van der Waals surface area contributed by atoms with Crippen LogP contribution in [-0.2, 0) is 4.43 Å². The predicted molar refractivity (Wildman–Crippen MR) is 87.0 cm³/mol. The second-order valence-corrected chi connectivity index (χ2v) is 6.04. The summed E-state index contributed by atoms with van der Waals surface area (Å²) in [6, 6.07) is 7.79. The van der Waals surface area contributed by atoms with Gasteiger partial charge in [0.2, 0.25) is 0 Å². The summed E-state index contributed by atoms with van der Waals surface area (Å²) < 4.78 is 53.0. The summed E-state index contributed by atoms with van der Waals surface area (Å²) in [5.74, 6) is -2.56. The molecule has 0 spiro atoms. The molecule has 0 unspecified atom stereocenters. The molecule has 2 radical (unpaired) electrons. The van der Waals surface area contributed by atoms with E-state index in [9.17, 15) is 13.2 Å². The van der Waals surface area contributed by atoms with Crippen molar-refractivity contribution in [2.75, 3.05) is 19.9 Å². The van der Waals surface area contributed by atoms with Crippen molar-refractivity contribution >= 4 is 9.92 Å². The molecule has 0 N–H and O–H groups in total. The molecule has 3 nitrogen and oxygen atoms in total. The maximum absolute atomic E-state index is 13.7. The number of hydrogen-bond acceptors (Lipinski definition) is 3. The van der Waals surface area contributed by atoms with Crippen LogP contribution in [0.15, 0.2) is 36.4 Å². The lowest BCUT2D eigenvalue weighted by Crippen LogP contribution is -2.30. The summed E-state index contributed by atoms with van der Waals surface area (Å²) in [6.07, 6.45) is 0. The van der Waals surface area contributed by atoms with Gasteiger partial charge in [-0.3, -0.25) is 0 Å². The zero-order valence-corrected chi connectivity index (χ0v) is 14.5. The second-order valence-electron chi connectivity index (χ2n) is 4.94. The third kappa shape index (κ3) is 4.83. The number of ether oxygens (including phenoxy) is 1. The molecule has 0 fully saturated rings. The molecule has 0 aliphatic carbocycles. The van der Waals surface area contributed by atoms with Crippen molar-refractivity contribution in [2.24, 2.45) is 0 Å². The minimum atomic E-state index is -1.21. The van der Waals surface area contributed by atoms with Gasteiger partial charge in [-0.1, -0.05) is 26.0 Å². The van der Waals surface area contributed by atoms with Crippen molar-refractivity contribution in [2.45, 2.75) is 13.8 Å². The van der Waals surface area contributed by atoms with Gasteiger partial charge < -0.3 is 13.7 Å². The van der Waals surface area contributed by atoms with E-state index in [0.29, 0.717) is 17.4 Å². The molecule has 0 saturated carbocycles. The van der Waals surface area contributed by atoms with Crippen LogP contribution in [0.3, 0.4) is 0 Å². The second kappa shape index (κ2) is 8.86. The Morgan fingerprint density at radius 2 is 1.54 bits per heavy atom. The Morgan fingerprint density at radius 1 is 0.917 bits per heavy atom. The van der Waals surface area contributed by atoms with Crippen LogP contribution in [0.4, 0.5) is 13.2 Å². The Bertz CT molecular complexity index is 664. The molecule has 2 aromatic carbocycles. The van der Waals surface area contributed by atoms with Gasteiger partial charge in [0.1, 0.15) is 11.6 Å². The third-order valence-electron chi connectivity index (χ3n) is 3.42. The molecular weight excluding hydrogens is 335 g/mol. The first-order chi connectivity index (χ1) is 11.5. The Balaban J connectivity index is 1.95. The summed E-state index contributed by atoms with van der Waals surface area (Å²) in [7, 11) is 0.227. The van der Waals surface area contributed by atoms with Crippen LogP contribution in [0.5, 0.6) is 5.75 Å². The monoisotopic (exact) mass is 353 g/mol. The van der Waals surface area contributed by atoms with Crippen molar-refractivity contribution in [3.63, 3.8) is 0 Å². The highest BCUT2D eigenvalue weighted by Crippen LogP contribution is 2.27. The SMILES string of the molecule is CCN(CC)[Si]OCOc1ccc(-c2cc(F)c(F)cc2F)cc1. The highest BCUT2D eigenvalue weighted by molar-refractivity contribution is 6.23. The number of rotatable bonds is 8. The topological polar surface area (TPSA) is 21.7 Å². The lowest BCUT2D eigenvalue weighted by molar-refractivity contribution is 0.113. The van der Waals surface area contributed by atoms with E-state index in [2.05, 4.69) is 18.4 Å². The first-order valence-electron chi connectivity index (χ1n) is 7.55. The normalized spacial score (nSPS) is 11.1. The van der Waals surface area contributed by atoms with Crippen molar-refractivity contribution < 1.29 is 22.3 Å². The zero-order chi connectivity index (χ0) is 17.5. The van der Waals surface area contributed by atoms with Gasteiger partial charge in [0.05, 0.1) is 0 Å². The number of benzene rings is 2. The molecule has 0 saturated heterocycles. The third-order valence-corrected chi connectivity index (χ3v) is 4.55. The molecule has 0 heterocycles. The van der Waals surface area contributed by atoms with E-state index >= 15 is 0 Å². The molecule has 24 heavy (non-hydrogen) atoms. The average Bonchev–Trinajstić information content (AvgIpc) is 2.59. The zero-order valence-electron chi connectivity index (χ0n) is 13.5. The molecule has 0 amide bonds. The van der Waals surface area contributed by atoms with E-state index in [4.69, 9.17) is 9.16 Å². The van der Waals surface area contributed by atoms with Crippen LogP contribution in [0.2, 0.25) is 0 Å². The minimum Gasteiger partial charge on any atom is -0.469 e. The van der Waals surface area contributed by atoms with Gasteiger partial charge in [-0.25, -0.2) is 13.2 Å². The fourth-order valence-corrected chi connectivity index (χ4v) is 2.59. The van der Waals surface area contributed by atoms with E-state index in [-0.39, 0.29) is 22.3 Å². The fourth-order valence-electron chi connectivity index (χ4n) is 2.04. The molecular formula is C17H18F3NO2Si. The Labute approximate surface area is 142 Å². The molecule has 2 rings (SSSR count). The van der Waals surface area contributed by atoms with Crippen molar-refractivity contribution in [3.8, 4) is 16.9 Å². The Morgan fingerprint density at radius 3 is 2.17 bits per heavy atom. The summed E-state index contributed by atoms with van der Waals surface area (Å²) in [4.78, 5) is 0. The smallest absolute Gasteiger partial charge is 0.343 e. The van der Waals surface area contributed by atoms with Crippen molar-refractivity contribution in [3.05, 3.63) is 53.8 Å². The Kier molecular flexibility index (Phi) is 6.83. The number of nitrogens with zero attached hydrogens (tertiary/aromatic N) is 1. The average molecular weight is 353 g/mol. The summed E-state index contributed by atoms with van der Waals surface area (Å²) >= 11 is 0. The van der Waals surface area contributed by atoms with Gasteiger partial charge in [0, 0.05) is 11.6 Å². The van der Waals surface area contributed by atoms with Gasteiger partial charge in [-0.2, -0.15) is 0 Å². The molecule has 0 bridgehead atoms. The van der Waals surface area contributed by atoms with Crippen molar-refractivity contribution in [1.82, 2.24) is 4.57 Å². The van der Waals surface area contributed by atoms with E-state index < -0.39 is 17.5 Å². The van der Waals surface area contributed by atoms with E-state index in [1.165, 1.54) is 0 Å². The van der Waals surface area contributed by atoms with E-state index in [1.54, 1.807) is 24.3 Å². The summed E-state index contributed by atoms with van der Waals surface area (Å²) in [6.45, 7) is 6.02. The first kappa shape index (κ1) is 18.5. The van der Waals surface area contributed by atoms with Gasteiger partial charge in [-0.05, 0) is 36.9 Å². The maximum atomic E-state index is 13.7. The molecule has 2 aromatic rings. The van der Waals surface area contributed by atoms with Gasteiger partial charge in [-0.15, -0.1) is 0 Å². The fraction of sp³-hybridized carbons (Fsp3) is 0.294. The predicted octanol–water partition coefficient (Wildman–Crippen LogP) is 4.00. The molecule has 0 atom stereocenters. The summed E-state index contributed by atoms with van der Waals surface area (Å²) in [5.41, 5.74) is 0.435. The minimum absolute atomic E-state index is 0.000264. The molecule has 0 aliphatic heterocycles. The van der Waals surface area contributed by atoms with Crippen LogP contribution < -0.4 is 4.74 Å². The first-order valence-corrected chi connectivity index (χ1v) is 8.40. The Hall–Kier alpha value is -1.83. The lowest BCUT2D eigenvalue weighted by atomic mass is 10.0. The van der Waals surface area contributed by atoms with E-state index in [0.717, 1.165) is 19.2 Å². The largest absolute Gasteiger partial charge is 0.469 e. The highest BCUT2D eigenvalue weighted by atomic mass is 28.2. The van der Waals surface area contributed by atoms with Gasteiger partial charge >= 0.3 is 9.92 Å². The van der Waals surface area contributed by atoms with Crippen LogP contribution >= 0.6 is 0 Å². The molecule has 0 aromatic heterocycles. The van der Waals surface area contributed by atoms with E-state index in [1.807, 2.05) is 0 Å². The van der Waals surface area contributed by atoms with Crippen molar-refractivity contribution in [1.29, 1.82) is 0 Å². The highest BCUT2D eigenvalue weighted by Gasteiger charge is 2.11. The summed E-state index contributed by atoms with van der Waals surface area (Å²) in [5, 5.41) is 0. The maximum Gasteiger partial charge on any atom is 0.343 e. The molecule has 7 heteroatoms. The van der Waals surface area contributed by atoms with Crippen LogP contribution in [0, 0.1) is 17.5 Å². The van der Waals surface area contributed by atoms with Crippen LogP contribution in [0.25, 0.3) is 11.1 Å². The van der Waals surface area contributed by atoms with Gasteiger partial charge in [0.25, 0.3) is 0 Å². The van der Waals surface area contributed by atoms with Crippen LogP contribution in [-0.4, -0.2) is 34.4 Å². The van der Waals surface area contributed by atoms with Gasteiger partial charge in [0.15, 0.2) is 18.4 Å². The standard InChI is InChI=1S/C17H18F3NO2Si/c1-3-21(4-2)24-23-11-22-13-7-5-12(6-8-13)14-9-16(19)17(20)10-15(14)18/h5-10H,3-4,11H2,1-2H3. The van der Waals surface area contributed by atoms with Crippen LogP contribution in [0.1, 0.15) is 13.8 Å².